The number of nitrogens with zero attached hydrogens (tertiary/aromatic N) is 2. The summed E-state index contributed by atoms with van der Waals surface area (Å²) in [6, 6.07) is 17.9. The lowest BCUT2D eigenvalue weighted by molar-refractivity contribution is -0.120. The second kappa shape index (κ2) is 8.09. The Labute approximate surface area is 188 Å². The van der Waals surface area contributed by atoms with Crippen molar-refractivity contribution in [2.75, 3.05) is 16.8 Å². The van der Waals surface area contributed by atoms with Crippen LogP contribution in [0.3, 0.4) is 0 Å². The van der Waals surface area contributed by atoms with Crippen LogP contribution in [-0.2, 0) is 11.2 Å². The fourth-order valence-electron chi connectivity index (χ4n) is 4.06. The van der Waals surface area contributed by atoms with E-state index >= 15 is 0 Å². The van der Waals surface area contributed by atoms with Crippen molar-refractivity contribution in [2.24, 2.45) is 4.99 Å². The molecule has 160 valence electrons. The molecule has 1 atom stereocenters. The van der Waals surface area contributed by atoms with Gasteiger partial charge in [-0.15, -0.1) is 0 Å². The number of rotatable bonds is 3. The van der Waals surface area contributed by atoms with Gasteiger partial charge in [-0.1, -0.05) is 41.9 Å². The molecule has 0 saturated carbocycles. The summed E-state index contributed by atoms with van der Waals surface area (Å²) >= 11 is 5.88. The van der Waals surface area contributed by atoms with Gasteiger partial charge in [-0.25, -0.2) is 14.2 Å². The molecule has 8 heteroatoms. The number of urea groups is 1. The fraction of sp³-hybridized carbons (Fsp3) is 0.125. The normalized spacial score (nSPS) is 16.8. The number of anilines is 2. The van der Waals surface area contributed by atoms with Crippen molar-refractivity contribution in [3.63, 3.8) is 0 Å². The van der Waals surface area contributed by atoms with E-state index in [1.165, 1.54) is 6.07 Å². The highest BCUT2D eigenvalue weighted by atomic mass is 35.5. The molecule has 0 aromatic heterocycles. The summed E-state index contributed by atoms with van der Waals surface area (Å²) in [5, 5.41) is 5.84. The van der Waals surface area contributed by atoms with Crippen LogP contribution in [0.5, 0.6) is 0 Å². The molecule has 32 heavy (non-hydrogen) atoms. The maximum Gasteiger partial charge on any atom is 0.321 e. The maximum atomic E-state index is 14.7. The first kappa shape index (κ1) is 20.2. The Hall–Kier alpha value is -3.71. The highest BCUT2D eigenvalue weighted by Crippen LogP contribution is 2.36. The molecule has 2 heterocycles. The van der Waals surface area contributed by atoms with E-state index in [0.717, 1.165) is 11.3 Å². The van der Waals surface area contributed by atoms with Crippen molar-refractivity contribution >= 4 is 40.6 Å². The number of aliphatic imine (C=N–C) groups is 1. The molecular formula is C24H18ClFN4O2. The van der Waals surface area contributed by atoms with Crippen LogP contribution < -0.4 is 15.5 Å². The molecule has 2 aliphatic heterocycles. The van der Waals surface area contributed by atoms with Crippen molar-refractivity contribution in [3.8, 4) is 0 Å². The fourth-order valence-corrected chi connectivity index (χ4v) is 4.18. The van der Waals surface area contributed by atoms with Crippen molar-refractivity contribution in [1.82, 2.24) is 5.32 Å². The minimum Gasteiger partial charge on any atom is -0.308 e. The average molecular weight is 449 g/mol. The molecule has 0 aliphatic carbocycles. The zero-order chi connectivity index (χ0) is 22.2. The number of carbonyl (C=O) groups excluding carboxylic acids is 2. The van der Waals surface area contributed by atoms with Gasteiger partial charge in [-0.3, -0.25) is 4.79 Å². The third kappa shape index (κ3) is 3.61. The van der Waals surface area contributed by atoms with Gasteiger partial charge in [0, 0.05) is 28.4 Å². The van der Waals surface area contributed by atoms with Gasteiger partial charge in [0.25, 0.3) is 5.91 Å². The van der Waals surface area contributed by atoms with Crippen molar-refractivity contribution in [3.05, 3.63) is 94.3 Å². The zero-order valence-corrected chi connectivity index (χ0v) is 17.6. The molecule has 3 aromatic carbocycles. The van der Waals surface area contributed by atoms with Gasteiger partial charge >= 0.3 is 6.03 Å². The smallest absolute Gasteiger partial charge is 0.308 e. The molecular weight excluding hydrogens is 431 g/mol. The zero-order valence-electron chi connectivity index (χ0n) is 16.8. The number of benzene rings is 3. The molecule has 0 radical (unpaired) electrons. The quantitative estimate of drug-likeness (QED) is 0.624. The van der Waals surface area contributed by atoms with E-state index in [2.05, 4.69) is 15.6 Å². The second-order valence-electron chi connectivity index (χ2n) is 7.52. The monoisotopic (exact) mass is 448 g/mol. The number of nitrogens with one attached hydrogen (secondary N) is 2. The van der Waals surface area contributed by atoms with Crippen molar-refractivity contribution in [1.29, 1.82) is 0 Å². The van der Waals surface area contributed by atoms with Crippen LogP contribution in [0.1, 0.15) is 16.7 Å². The van der Waals surface area contributed by atoms with E-state index in [-0.39, 0.29) is 11.5 Å². The third-order valence-electron chi connectivity index (χ3n) is 5.51. The number of carbonyl (C=O) groups is 2. The maximum absolute atomic E-state index is 14.7. The highest BCUT2D eigenvalue weighted by Gasteiger charge is 2.37. The van der Waals surface area contributed by atoms with E-state index in [4.69, 9.17) is 11.6 Å². The van der Waals surface area contributed by atoms with E-state index in [0.29, 0.717) is 35.0 Å². The van der Waals surface area contributed by atoms with Crippen LogP contribution in [-0.4, -0.2) is 30.4 Å². The molecule has 1 unspecified atom stereocenters. The lowest BCUT2D eigenvalue weighted by Gasteiger charge is -2.21. The van der Waals surface area contributed by atoms with Crippen LogP contribution >= 0.6 is 11.6 Å². The van der Waals surface area contributed by atoms with E-state index in [1.807, 2.05) is 18.2 Å². The van der Waals surface area contributed by atoms with E-state index in [1.54, 1.807) is 47.4 Å². The number of halogens is 2. The van der Waals surface area contributed by atoms with Crippen LogP contribution in [0.15, 0.2) is 71.7 Å². The second-order valence-corrected chi connectivity index (χ2v) is 7.96. The summed E-state index contributed by atoms with van der Waals surface area (Å²) in [5.41, 5.74) is 3.49. The molecule has 0 bridgehead atoms. The predicted octanol–water partition coefficient (Wildman–Crippen LogP) is 4.37. The standard InChI is InChI=1S/C24H18ClFN4O2/c25-15-8-10-16(11-9-15)27-24(32)29-22-23(31)30-13-12-14-4-3-6-18(21(14)30)20(28-22)17-5-1-2-7-19(17)26/h1-11,22H,12-13H2,(H2,27,29,32). The van der Waals surface area contributed by atoms with Crippen LogP contribution in [0.2, 0.25) is 5.02 Å². The van der Waals surface area contributed by atoms with Crippen molar-refractivity contribution in [2.45, 2.75) is 12.6 Å². The molecule has 2 aliphatic rings. The Morgan fingerprint density at radius 2 is 1.78 bits per heavy atom. The first-order valence-electron chi connectivity index (χ1n) is 10.1. The number of para-hydroxylation sites is 1. The Balaban J connectivity index is 1.54. The predicted molar refractivity (Wildman–Crippen MR) is 122 cm³/mol. The largest absolute Gasteiger partial charge is 0.321 e. The van der Waals surface area contributed by atoms with Crippen molar-refractivity contribution < 1.29 is 14.0 Å². The summed E-state index contributed by atoms with van der Waals surface area (Å²) in [5.74, 6) is -0.819. The summed E-state index contributed by atoms with van der Waals surface area (Å²) in [7, 11) is 0. The minimum absolute atomic E-state index is 0.271. The Bertz CT molecular complexity index is 1260. The van der Waals surface area contributed by atoms with E-state index in [9.17, 15) is 14.0 Å². The molecule has 6 nitrogen and oxygen atoms in total. The number of hydrogen-bond donors (Lipinski definition) is 2. The molecule has 5 rings (SSSR count). The molecule has 2 N–H and O–H groups in total. The SMILES string of the molecule is O=C(Nc1ccc(Cl)cc1)NC1N=C(c2ccccc2F)c2cccc3c2N(CC3)C1=O. The Morgan fingerprint density at radius 3 is 2.56 bits per heavy atom. The van der Waals surface area contributed by atoms with Gasteiger partial charge in [0.05, 0.1) is 11.4 Å². The lowest BCUT2D eigenvalue weighted by Crippen LogP contribution is -2.48. The Morgan fingerprint density at radius 1 is 1.03 bits per heavy atom. The highest BCUT2D eigenvalue weighted by molar-refractivity contribution is 6.30. The topological polar surface area (TPSA) is 73.8 Å². The van der Waals surface area contributed by atoms with Crippen LogP contribution in [0, 0.1) is 5.82 Å². The van der Waals surface area contributed by atoms with Gasteiger partial charge < -0.3 is 15.5 Å². The summed E-state index contributed by atoms with van der Waals surface area (Å²) < 4.78 is 14.7. The minimum atomic E-state index is -1.21. The van der Waals surface area contributed by atoms with Gasteiger partial charge in [0.15, 0.2) is 0 Å². The summed E-state index contributed by atoms with van der Waals surface area (Å²) in [6.45, 7) is 0.474. The average Bonchev–Trinajstić information content (AvgIpc) is 3.18. The Kier molecular flexibility index (Phi) is 5.11. The molecule has 3 aromatic rings. The van der Waals surface area contributed by atoms with E-state index < -0.39 is 18.0 Å². The molecule has 3 amide bonds. The summed E-state index contributed by atoms with van der Waals surface area (Å²) in [4.78, 5) is 32.1. The van der Waals surface area contributed by atoms with Gasteiger partial charge in [0.1, 0.15) is 5.82 Å². The first-order valence-corrected chi connectivity index (χ1v) is 10.5. The van der Waals surface area contributed by atoms with Gasteiger partial charge in [0.2, 0.25) is 6.17 Å². The summed E-state index contributed by atoms with van der Waals surface area (Å²) in [6.07, 6.45) is -0.529. The molecule has 0 spiro atoms. The lowest BCUT2D eigenvalue weighted by atomic mass is 9.98. The molecule has 0 saturated heterocycles. The first-order chi connectivity index (χ1) is 15.5. The number of amides is 3. The van der Waals surface area contributed by atoms with Gasteiger partial charge in [-0.05, 0) is 48.4 Å². The third-order valence-corrected chi connectivity index (χ3v) is 5.76. The van der Waals surface area contributed by atoms with Crippen LogP contribution in [0.4, 0.5) is 20.6 Å². The van der Waals surface area contributed by atoms with Gasteiger partial charge in [-0.2, -0.15) is 0 Å². The molecule has 0 fully saturated rings. The van der Waals surface area contributed by atoms with Crippen LogP contribution in [0.25, 0.3) is 0 Å². The number of hydrogen-bond acceptors (Lipinski definition) is 3.